The highest BCUT2D eigenvalue weighted by Gasteiger charge is 2.25. The molecule has 0 aliphatic carbocycles. The number of aromatic amines is 1. The summed E-state index contributed by atoms with van der Waals surface area (Å²) in [6.07, 6.45) is 0.753. The second-order valence-electron chi connectivity index (χ2n) is 6.87. The lowest BCUT2D eigenvalue weighted by molar-refractivity contribution is 0.0732. The number of benzene rings is 1. The third-order valence-electron chi connectivity index (χ3n) is 4.25. The molecule has 0 atom stereocenters. The van der Waals surface area contributed by atoms with Crippen LogP contribution in [0.3, 0.4) is 0 Å². The molecule has 5 heteroatoms. The number of fused-ring (bicyclic) bond motifs is 1. The van der Waals surface area contributed by atoms with Gasteiger partial charge in [-0.1, -0.05) is 32.9 Å². The number of anilines is 1. The first kappa shape index (κ1) is 14.6. The van der Waals surface area contributed by atoms with Gasteiger partial charge < -0.3 is 10.6 Å². The van der Waals surface area contributed by atoms with Gasteiger partial charge in [0.05, 0.1) is 12.2 Å². The van der Waals surface area contributed by atoms with Crippen molar-refractivity contribution in [2.24, 2.45) is 0 Å². The normalized spacial score (nSPS) is 14.8. The predicted octanol–water partition coefficient (Wildman–Crippen LogP) is 2.49. The van der Waals surface area contributed by atoms with Crippen molar-refractivity contribution < 1.29 is 4.79 Å². The number of hydrogen-bond donors (Lipinski definition) is 2. The van der Waals surface area contributed by atoms with Crippen LogP contribution in [0.1, 0.15) is 48.0 Å². The van der Waals surface area contributed by atoms with Crippen LogP contribution >= 0.6 is 0 Å². The Bertz CT molecular complexity index is 694. The van der Waals surface area contributed by atoms with Gasteiger partial charge >= 0.3 is 0 Å². The number of nitrogens with two attached hydrogens (primary N) is 1. The fourth-order valence-corrected chi connectivity index (χ4v) is 2.81. The molecule has 1 aliphatic rings. The minimum atomic E-state index is 0.0549. The number of nitrogens with zero attached hydrogens (tertiary/aromatic N) is 2. The van der Waals surface area contributed by atoms with Gasteiger partial charge in [0.15, 0.2) is 0 Å². The number of nitrogen functional groups attached to an aromatic ring is 1. The topological polar surface area (TPSA) is 75.0 Å². The zero-order chi connectivity index (χ0) is 15.9. The van der Waals surface area contributed by atoms with E-state index in [-0.39, 0.29) is 11.3 Å². The SMILES string of the molecule is CC(C)(C)c1ccc(C(=O)N2CCc3c(N)n[nH]c3C2)cc1. The van der Waals surface area contributed by atoms with Crippen LogP contribution in [0.5, 0.6) is 0 Å². The van der Waals surface area contributed by atoms with E-state index >= 15 is 0 Å². The number of rotatable bonds is 1. The Balaban J connectivity index is 1.78. The summed E-state index contributed by atoms with van der Waals surface area (Å²) in [6.45, 7) is 7.71. The van der Waals surface area contributed by atoms with Gasteiger partial charge in [-0.2, -0.15) is 5.10 Å². The lowest BCUT2D eigenvalue weighted by Gasteiger charge is -2.27. The first-order chi connectivity index (χ1) is 10.4. The van der Waals surface area contributed by atoms with E-state index in [0.29, 0.717) is 18.9 Å². The van der Waals surface area contributed by atoms with E-state index in [0.717, 1.165) is 23.2 Å². The quantitative estimate of drug-likeness (QED) is 0.849. The zero-order valence-electron chi connectivity index (χ0n) is 13.3. The van der Waals surface area contributed by atoms with Crippen LogP contribution in [0.2, 0.25) is 0 Å². The maximum absolute atomic E-state index is 12.6. The standard InChI is InChI=1S/C17H22N4O/c1-17(2,3)12-6-4-11(5-7-12)16(22)21-9-8-13-14(10-21)19-20-15(13)18/h4-7H,8-10H2,1-3H3,(H3,18,19,20). The molecule has 1 aromatic heterocycles. The van der Waals surface area contributed by atoms with Gasteiger partial charge in [-0.3, -0.25) is 9.89 Å². The van der Waals surface area contributed by atoms with Crippen molar-refractivity contribution >= 4 is 11.7 Å². The maximum atomic E-state index is 12.6. The molecule has 0 fully saturated rings. The average molecular weight is 298 g/mol. The van der Waals surface area contributed by atoms with Crippen LogP contribution in [0, 0.1) is 0 Å². The first-order valence-corrected chi connectivity index (χ1v) is 7.57. The van der Waals surface area contributed by atoms with Gasteiger partial charge in [-0.15, -0.1) is 0 Å². The third kappa shape index (κ3) is 2.58. The minimum Gasteiger partial charge on any atom is -0.382 e. The molecule has 0 saturated heterocycles. The summed E-state index contributed by atoms with van der Waals surface area (Å²) < 4.78 is 0. The van der Waals surface area contributed by atoms with E-state index in [4.69, 9.17) is 5.73 Å². The van der Waals surface area contributed by atoms with Gasteiger partial charge in [0.2, 0.25) is 0 Å². The molecule has 22 heavy (non-hydrogen) atoms. The molecule has 0 saturated carbocycles. The predicted molar refractivity (Wildman–Crippen MR) is 86.6 cm³/mol. The molecule has 0 radical (unpaired) electrons. The van der Waals surface area contributed by atoms with Crippen molar-refractivity contribution in [3.63, 3.8) is 0 Å². The molecule has 2 aromatic rings. The Hall–Kier alpha value is -2.30. The lowest BCUT2D eigenvalue weighted by atomic mass is 9.86. The Morgan fingerprint density at radius 2 is 1.95 bits per heavy atom. The highest BCUT2D eigenvalue weighted by Crippen LogP contribution is 2.25. The zero-order valence-corrected chi connectivity index (χ0v) is 13.3. The molecule has 0 bridgehead atoms. The summed E-state index contributed by atoms with van der Waals surface area (Å²) in [6, 6.07) is 7.91. The van der Waals surface area contributed by atoms with Crippen molar-refractivity contribution in [1.82, 2.24) is 15.1 Å². The molecule has 0 spiro atoms. The van der Waals surface area contributed by atoms with E-state index < -0.39 is 0 Å². The number of H-pyrrole nitrogens is 1. The van der Waals surface area contributed by atoms with Gasteiger partial charge in [0, 0.05) is 17.7 Å². The van der Waals surface area contributed by atoms with E-state index in [1.54, 1.807) is 0 Å². The van der Waals surface area contributed by atoms with Gasteiger partial charge in [-0.05, 0) is 29.5 Å². The van der Waals surface area contributed by atoms with Crippen LogP contribution in [0.15, 0.2) is 24.3 Å². The summed E-state index contributed by atoms with van der Waals surface area (Å²) in [7, 11) is 0. The number of amides is 1. The summed E-state index contributed by atoms with van der Waals surface area (Å²) in [5.74, 6) is 0.607. The molecule has 5 nitrogen and oxygen atoms in total. The molecular formula is C17H22N4O. The molecule has 1 amide bonds. The van der Waals surface area contributed by atoms with Crippen molar-refractivity contribution in [3.8, 4) is 0 Å². The Morgan fingerprint density at radius 1 is 1.27 bits per heavy atom. The number of carbonyl (C=O) groups is 1. The van der Waals surface area contributed by atoms with Crippen LogP contribution in [0.4, 0.5) is 5.82 Å². The number of hydrogen-bond acceptors (Lipinski definition) is 3. The van der Waals surface area contributed by atoms with E-state index in [1.165, 1.54) is 5.56 Å². The molecule has 1 aliphatic heterocycles. The summed E-state index contributed by atoms with van der Waals surface area (Å²) in [5.41, 5.74) is 9.85. The van der Waals surface area contributed by atoms with Crippen LogP contribution in [0.25, 0.3) is 0 Å². The second kappa shape index (κ2) is 5.16. The number of nitrogens with one attached hydrogen (secondary N) is 1. The highest BCUT2D eigenvalue weighted by atomic mass is 16.2. The molecule has 0 unspecified atom stereocenters. The molecule has 116 valence electrons. The number of aromatic nitrogens is 2. The molecule has 1 aromatic carbocycles. The van der Waals surface area contributed by atoms with E-state index in [1.807, 2.05) is 29.2 Å². The summed E-state index contributed by atoms with van der Waals surface area (Å²) in [5, 5.41) is 6.94. The van der Waals surface area contributed by atoms with Crippen molar-refractivity contribution in [2.75, 3.05) is 12.3 Å². The van der Waals surface area contributed by atoms with E-state index in [9.17, 15) is 4.79 Å². The van der Waals surface area contributed by atoms with Crippen LogP contribution in [-0.4, -0.2) is 27.5 Å². The van der Waals surface area contributed by atoms with Crippen LogP contribution < -0.4 is 5.73 Å². The lowest BCUT2D eigenvalue weighted by Crippen LogP contribution is -2.36. The highest BCUT2D eigenvalue weighted by molar-refractivity contribution is 5.94. The molecule has 3 rings (SSSR count). The van der Waals surface area contributed by atoms with Crippen molar-refractivity contribution in [3.05, 3.63) is 46.6 Å². The maximum Gasteiger partial charge on any atom is 0.254 e. The Morgan fingerprint density at radius 3 is 2.59 bits per heavy atom. The summed E-state index contributed by atoms with van der Waals surface area (Å²) >= 11 is 0. The fraction of sp³-hybridized carbons (Fsp3) is 0.412. The number of carbonyl (C=O) groups excluding carboxylic acids is 1. The Kier molecular flexibility index (Phi) is 3.43. The summed E-state index contributed by atoms with van der Waals surface area (Å²) in [4.78, 5) is 14.5. The monoisotopic (exact) mass is 298 g/mol. The first-order valence-electron chi connectivity index (χ1n) is 7.57. The third-order valence-corrected chi connectivity index (χ3v) is 4.25. The largest absolute Gasteiger partial charge is 0.382 e. The van der Waals surface area contributed by atoms with E-state index in [2.05, 4.69) is 31.0 Å². The van der Waals surface area contributed by atoms with Crippen molar-refractivity contribution in [2.45, 2.75) is 39.2 Å². The van der Waals surface area contributed by atoms with Gasteiger partial charge in [0.1, 0.15) is 5.82 Å². The molecular weight excluding hydrogens is 276 g/mol. The smallest absolute Gasteiger partial charge is 0.254 e. The average Bonchev–Trinajstić information content (AvgIpc) is 2.87. The Labute approximate surface area is 130 Å². The minimum absolute atomic E-state index is 0.0549. The fourth-order valence-electron chi connectivity index (χ4n) is 2.81. The van der Waals surface area contributed by atoms with Crippen molar-refractivity contribution in [1.29, 1.82) is 0 Å². The van der Waals surface area contributed by atoms with Gasteiger partial charge in [0.25, 0.3) is 5.91 Å². The second-order valence-corrected chi connectivity index (χ2v) is 6.87. The van der Waals surface area contributed by atoms with Gasteiger partial charge in [-0.25, -0.2) is 0 Å². The molecule has 3 N–H and O–H groups in total. The molecule has 2 heterocycles. The van der Waals surface area contributed by atoms with Crippen LogP contribution in [-0.2, 0) is 18.4 Å².